The summed E-state index contributed by atoms with van der Waals surface area (Å²) in [5.41, 5.74) is 2.12. The van der Waals surface area contributed by atoms with E-state index in [9.17, 15) is 0 Å². The Bertz CT molecular complexity index is 428. The van der Waals surface area contributed by atoms with Gasteiger partial charge in [-0.05, 0) is 18.7 Å². The van der Waals surface area contributed by atoms with Gasteiger partial charge in [0.05, 0.1) is 12.9 Å². The molecular formula is C9H12N5S+. The molecule has 0 fully saturated rings. The van der Waals surface area contributed by atoms with Crippen LogP contribution in [0.15, 0.2) is 6.33 Å². The minimum Gasteiger partial charge on any atom is -0.348 e. The molecule has 0 amide bonds. The third-order valence-electron chi connectivity index (χ3n) is 2.32. The Balaban J connectivity index is 2.15. The van der Waals surface area contributed by atoms with Crippen molar-refractivity contribution in [3.8, 4) is 6.19 Å². The average molecular weight is 222 g/mol. The molecule has 5 nitrogen and oxygen atoms in total. The maximum Gasteiger partial charge on any atom is 0.321 e. The number of rotatable bonds is 2. The van der Waals surface area contributed by atoms with Gasteiger partial charge in [0.25, 0.3) is 6.19 Å². The predicted molar refractivity (Wildman–Crippen MR) is 58.4 cm³/mol. The number of hydrogen-bond acceptors (Lipinski definition) is 4. The van der Waals surface area contributed by atoms with Gasteiger partial charge in [0.15, 0.2) is 0 Å². The molecule has 1 aromatic heterocycles. The zero-order valence-electron chi connectivity index (χ0n) is 8.45. The number of aromatic nitrogens is 2. The molecule has 2 N–H and O–H groups in total. The lowest BCUT2D eigenvalue weighted by atomic mass is 10.3. The van der Waals surface area contributed by atoms with Crippen LogP contribution in [0, 0.1) is 18.4 Å². The minimum absolute atomic E-state index is 0.756. The lowest BCUT2D eigenvalue weighted by Gasteiger charge is -2.00. The summed E-state index contributed by atoms with van der Waals surface area (Å²) < 4.78 is 2.14. The third kappa shape index (κ3) is 2.13. The summed E-state index contributed by atoms with van der Waals surface area (Å²) >= 11 is 1.67. The average Bonchev–Trinajstić information content (AvgIpc) is 2.80. The van der Waals surface area contributed by atoms with Crippen LogP contribution in [0.5, 0.6) is 0 Å². The molecule has 2 heterocycles. The standard InChI is InChI=1S/C9H11N5S/c1-7-8(13-6-12-7)4-14-2-3-15-9(14)11-5-10/h6H,2-4H2,1H3,(H,12,13)/p+1. The number of nitrogens with one attached hydrogen (secondary N) is 2. The van der Waals surface area contributed by atoms with Crippen molar-refractivity contribution in [3.05, 3.63) is 17.7 Å². The lowest BCUT2D eigenvalue weighted by Crippen LogP contribution is -2.24. The fraction of sp³-hybridized carbons (Fsp3) is 0.444. The first-order chi connectivity index (χ1) is 7.31. The second kappa shape index (κ2) is 4.36. The zero-order chi connectivity index (χ0) is 10.7. The molecule has 0 saturated carbocycles. The van der Waals surface area contributed by atoms with Gasteiger partial charge in [-0.25, -0.2) is 9.56 Å². The maximum absolute atomic E-state index is 8.58. The summed E-state index contributed by atoms with van der Waals surface area (Å²) in [6.45, 7) is 3.72. The predicted octanol–water partition coefficient (Wildman–Crippen LogP) is 0.404. The Morgan fingerprint density at radius 1 is 1.80 bits per heavy atom. The SMILES string of the molecule is Cc1[nH]cnc1C[N+]1=C(NC#N)SCC1. The number of hydrogen-bond donors (Lipinski definition) is 2. The first kappa shape index (κ1) is 10.1. The number of nitrogens with zero attached hydrogens (tertiary/aromatic N) is 3. The number of imidazole rings is 1. The molecule has 2 rings (SSSR count). The second-order valence-corrected chi connectivity index (χ2v) is 4.37. The Hall–Kier alpha value is -1.48. The van der Waals surface area contributed by atoms with Gasteiger partial charge in [-0.2, -0.15) is 5.32 Å². The summed E-state index contributed by atoms with van der Waals surface area (Å²) in [6.07, 6.45) is 3.66. The van der Waals surface area contributed by atoms with Gasteiger partial charge in [0, 0.05) is 11.4 Å². The molecule has 0 atom stereocenters. The summed E-state index contributed by atoms with van der Waals surface area (Å²) in [7, 11) is 0. The fourth-order valence-corrected chi connectivity index (χ4v) is 2.45. The first-order valence-electron chi connectivity index (χ1n) is 4.70. The molecule has 6 heteroatoms. The molecule has 0 aliphatic carbocycles. The van der Waals surface area contributed by atoms with Crippen molar-refractivity contribution in [2.75, 3.05) is 12.3 Å². The van der Waals surface area contributed by atoms with Crippen LogP contribution in [0.1, 0.15) is 11.4 Å². The molecule has 0 bridgehead atoms. The van der Waals surface area contributed by atoms with Gasteiger partial charge in [0.2, 0.25) is 0 Å². The lowest BCUT2D eigenvalue weighted by molar-refractivity contribution is -0.536. The molecule has 0 radical (unpaired) electrons. The number of H-pyrrole nitrogens is 1. The number of aryl methyl sites for hydroxylation is 1. The summed E-state index contributed by atoms with van der Waals surface area (Å²) in [5.74, 6) is 1.02. The van der Waals surface area contributed by atoms with E-state index < -0.39 is 0 Å². The summed E-state index contributed by atoms with van der Waals surface area (Å²) in [4.78, 5) is 7.29. The molecule has 1 aromatic rings. The topological polar surface area (TPSA) is 67.5 Å². The summed E-state index contributed by atoms with van der Waals surface area (Å²) in [5, 5.41) is 12.2. The first-order valence-corrected chi connectivity index (χ1v) is 5.68. The van der Waals surface area contributed by atoms with Crippen LogP contribution in [0.4, 0.5) is 0 Å². The molecular weight excluding hydrogens is 210 g/mol. The van der Waals surface area contributed by atoms with Crippen molar-refractivity contribution in [2.45, 2.75) is 13.5 Å². The maximum atomic E-state index is 8.58. The monoisotopic (exact) mass is 222 g/mol. The van der Waals surface area contributed by atoms with E-state index >= 15 is 0 Å². The molecule has 0 spiro atoms. The zero-order valence-corrected chi connectivity index (χ0v) is 9.27. The normalized spacial score (nSPS) is 15.5. The van der Waals surface area contributed by atoms with Crippen LogP contribution in [0.25, 0.3) is 0 Å². The second-order valence-electron chi connectivity index (χ2n) is 3.29. The quantitative estimate of drug-likeness (QED) is 0.432. The van der Waals surface area contributed by atoms with Crippen molar-refractivity contribution in [1.29, 1.82) is 5.26 Å². The van der Waals surface area contributed by atoms with E-state index in [0.717, 1.165) is 35.4 Å². The van der Waals surface area contributed by atoms with Crippen molar-refractivity contribution in [1.82, 2.24) is 15.3 Å². The molecule has 1 aliphatic heterocycles. The van der Waals surface area contributed by atoms with E-state index in [4.69, 9.17) is 5.26 Å². The van der Waals surface area contributed by atoms with E-state index in [1.54, 1.807) is 18.1 Å². The summed E-state index contributed by atoms with van der Waals surface area (Å²) in [6, 6.07) is 0. The Kier molecular flexibility index (Phi) is 2.92. The Morgan fingerprint density at radius 3 is 3.33 bits per heavy atom. The molecule has 0 unspecified atom stereocenters. The highest BCUT2D eigenvalue weighted by Crippen LogP contribution is 2.12. The van der Waals surface area contributed by atoms with Crippen LogP contribution in [-0.4, -0.2) is 32.0 Å². The smallest absolute Gasteiger partial charge is 0.321 e. The van der Waals surface area contributed by atoms with Gasteiger partial charge in [0.1, 0.15) is 12.2 Å². The Morgan fingerprint density at radius 2 is 2.67 bits per heavy atom. The van der Waals surface area contributed by atoms with Crippen molar-refractivity contribution >= 4 is 16.9 Å². The van der Waals surface area contributed by atoms with E-state index in [1.165, 1.54) is 0 Å². The number of aromatic amines is 1. The van der Waals surface area contributed by atoms with E-state index in [1.807, 2.05) is 13.1 Å². The van der Waals surface area contributed by atoms with E-state index in [-0.39, 0.29) is 0 Å². The van der Waals surface area contributed by atoms with Crippen molar-refractivity contribution in [3.63, 3.8) is 0 Å². The van der Waals surface area contributed by atoms with Crippen LogP contribution < -0.4 is 5.32 Å². The largest absolute Gasteiger partial charge is 0.348 e. The van der Waals surface area contributed by atoms with Crippen LogP contribution in [-0.2, 0) is 6.54 Å². The van der Waals surface area contributed by atoms with E-state index in [0.29, 0.717) is 0 Å². The third-order valence-corrected chi connectivity index (χ3v) is 3.35. The molecule has 0 aromatic carbocycles. The number of thioether (sulfide) groups is 1. The molecule has 15 heavy (non-hydrogen) atoms. The van der Waals surface area contributed by atoms with Crippen molar-refractivity contribution < 1.29 is 4.58 Å². The Labute approximate surface area is 92.2 Å². The molecule has 78 valence electrons. The van der Waals surface area contributed by atoms with Gasteiger partial charge in [-0.3, -0.25) is 0 Å². The number of amidine groups is 1. The number of nitriles is 1. The van der Waals surface area contributed by atoms with Gasteiger partial charge >= 0.3 is 5.17 Å². The van der Waals surface area contributed by atoms with Gasteiger partial charge in [-0.1, -0.05) is 0 Å². The fourth-order valence-electron chi connectivity index (χ4n) is 1.49. The van der Waals surface area contributed by atoms with Crippen LogP contribution in [0.2, 0.25) is 0 Å². The highest BCUT2D eigenvalue weighted by atomic mass is 32.2. The highest BCUT2D eigenvalue weighted by molar-refractivity contribution is 8.13. The van der Waals surface area contributed by atoms with Crippen LogP contribution in [0.3, 0.4) is 0 Å². The van der Waals surface area contributed by atoms with Crippen molar-refractivity contribution in [2.24, 2.45) is 0 Å². The molecule has 1 aliphatic rings. The molecule has 0 saturated heterocycles. The minimum atomic E-state index is 0.756. The van der Waals surface area contributed by atoms with E-state index in [2.05, 4.69) is 19.9 Å². The van der Waals surface area contributed by atoms with Gasteiger partial charge in [-0.15, -0.1) is 5.26 Å². The van der Waals surface area contributed by atoms with Crippen LogP contribution >= 0.6 is 11.8 Å². The highest BCUT2D eigenvalue weighted by Gasteiger charge is 2.22. The van der Waals surface area contributed by atoms with Gasteiger partial charge < -0.3 is 4.98 Å².